The second kappa shape index (κ2) is 15.4. The monoisotopic (exact) mass is 573 g/mol. The Balaban J connectivity index is 1.75. The van der Waals surface area contributed by atoms with Gasteiger partial charge in [-0.25, -0.2) is 0 Å². The second-order valence-corrected chi connectivity index (χ2v) is 12.3. The van der Waals surface area contributed by atoms with Gasteiger partial charge >= 0.3 is 0 Å². The van der Waals surface area contributed by atoms with Gasteiger partial charge in [0.25, 0.3) is 0 Å². The molecule has 226 valence electrons. The number of para-hydroxylation sites is 1. The van der Waals surface area contributed by atoms with E-state index < -0.39 is 17.6 Å². The summed E-state index contributed by atoms with van der Waals surface area (Å²) in [6, 6.07) is 24.4. The van der Waals surface area contributed by atoms with Crippen LogP contribution in [0.2, 0.25) is 0 Å². The van der Waals surface area contributed by atoms with E-state index in [2.05, 4.69) is 24.5 Å². The normalized spacial score (nSPS) is 13.0. The van der Waals surface area contributed by atoms with Gasteiger partial charge in [-0.05, 0) is 69.5 Å². The first-order chi connectivity index (χ1) is 19.9. The first-order valence-electron chi connectivity index (χ1n) is 14.7. The highest BCUT2D eigenvalue weighted by Gasteiger charge is 2.30. The SMILES string of the molecule is COc1ccccc1CN(C)[C@H](CC(C)C)C(=O)N[C@@H](Cc1ccc(OCc2ccccc2)cc1)C(=O)NC(C)(C)C. The molecule has 0 saturated carbocycles. The Morgan fingerprint density at radius 2 is 1.50 bits per heavy atom. The second-order valence-electron chi connectivity index (χ2n) is 12.3. The summed E-state index contributed by atoms with van der Waals surface area (Å²) in [5.41, 5.74) is 2.59. The van der Waals surface area contributed by atoms with E-state index in [1.807, 2.05) is 112 Å². The fourth-order valence-electron chi connectivity index (χ4n) is 4.78. The van der Waals surface area contributed by atoms with E-state index >= 15 is 0 Å². The fourth-order valence-corrected chi connectivity index (χ4v) is 4.78. The van der Waals surface area contributed by atoms with Gasteiger partial charge in [-0.3, -0.25) is 14.5 Å². The number of rotatable bonds is 14. The lowest BCUT2D eigenvalue weighted by atomic mass is 9.99. The summed E-state index contributed by atoms with van der Waals surface area (Å²) in [4.78, 5) is 29.3. The molecule has 0 aliphatic heterocycles. The summed E-state index contributed by atoms with van der Waals surface area (Å²) in [6.45, 7) is 11.0. The zero-order chi connectivity index (χ0) is 30.7. The van der Waals surface area contributed by atoms with Crippen molar-refractivity contribution in [3.8, 4) is 11.5 Å². The van der Waals surface area contributed by atoms with Crippen molar-refractivity contribution in [3.05, 3.63) is 95.6 Å². The molecular formula is C35H47N3O4. The van der Waals surface area contributed by atoms with Crippen molar-refractivity contribution in [2.24, 2.45) is 5.92 Å². The Bertz CT molecular complexity index is 1270. The van der Waals surface area contributed by atoms with E-state index in [1.165, 1.54) is 0 Å². The molecular weight excluding hydrogens is 526 g/mol. The van der Waals surface area contributed by atoms with Crippen LogP contribution in [0, 0.1) is 5.92 Å². The number of methoxy groups -OCH3 is 1. The molecule has 7 nitrogen and oxygen atoms in total. The Hall–Kier alpha value is -3.84. The van der Waals surface area contributed by atoms with Crippen molar-refractivity contribution >= 4 is 11.8 Å². The highest BCUT2D eigenvalue weighted by molar-refractivity contribution is 5.90. The molecule has 3 aromatic carbocycles. The smallest absolute Gasteiger partial charge is 0.243 e. The highest BCUT2D eigenvalue weighted by Crippen LogP contribution is 2.22. The number of nitrogens with zero attached hydrogens (tertiary/aromatic N) is 1. The van der Waals surface area contributed by atoms with Crippen molar-refractivity contribution in [1.29, 1.82) is 0 Å². The summed E-state index contributed by atoms with van der Waals surface area (Å²) in [7, 11) is 3.59. The Morgan fingerprint density at radius 1 is 0.857 bits per heavy atom. The molecule has 0 saturated heterocycles. The lowest BCUT2D eigenvalue weighted by molar-refractivity contribution is -0.132. The molecule has 2 N–H and O–H groups in total. The van der Waals surface area contributed by atoms with Crippen LogP contribution in [0.5, 0.6) is 11.5 Å². The third-order valence-corrected chi connectivity index (χ3v) is 6.88. The van der Waals surface area contributed by atoms with Crippen LogP contribution in [0.25, 0.3) is 0 Å². The third kappa shape index (κ3) is 10.5. The minimum Gasteiger partial charge on any atom is -0.496 e. The Labute approximate surface area is 251 Å². The van der Waals surface area contributed by atoms with Gasteiger partial charge in [0.05, 0.1) is 13.2 Å². The summed E-state index contributed by atoms with van der Waals surface area (Å²) in [6.07, 6.45) is 1.01. The van der Waals surface area contributed by atoms with Crippen LogP contribution in [0.1, 0.15) is 57.7 Å². The number of nitrogens with one attached hydrogen (secondary N) is 2. The average Bonchev–Trinajstić information content (AvgIpc) is 2.95. The molecule has 2 atom stereocenters. The molecule has 2 amide bonds. The maximum absolute atomic E-state index is 13.8. The molecule has 0 radical (unpaired) electrons. The molecule has 3 aromatic rings. The summed E-state index contributed by atoms with van der Waals surface area (Å²) in [5.74, 6) is 1.43. The van der Waals surface area contributed by atoms with Crippen LogP contribution in [0.4, 0.5) is 0 Å². The van der Waals surface area contributed by atoms with Gasteiger partial charge in [0.2, 0.25) is 11.8 Å². The first-order valence-corrected chi connectivity index (χ1v) is 14.7. The van der Waals surface area contributed by atoms with Gasteiger partial charge in [0.15, 0.2) is 0 Å². The van der Waals surface area contributed by atoms with Crippen LogP contribution in [0.15, 0.2) is 78.9 Å². The number of carbonyl (C=O) groups is 2. The van der Waals surface area contributed by atoms with Crippen LogP contribution in [-0.2, 0) is 29.2 Å². The van der Waals surface area contributed by atoms with E-state index in [1.54, 1.807) is 7.11 Å². The molecule has 0 bridgehead atoms. The van der Waals surface area contributed by atoms with Crippen molar-refractivity contribution in [2.75, 3.05) is 14.2 Å². The maximum Gasteiger partial charge on any atom is 0.243 e. The van der Waals surface area contributed by atoms with Gasteiger partial charge in [0, 0.05) is 24.1 Å². The molecule has 0 aromatic heterocycles. The molecule has 7 heteroatoms. The van der Waals surface area contributed by atoms with E-state index in [4.69, 9.17) is 9.47 Å². The molecule has 0 unspecified atom stereocenters. The van der Waals surface area contributed by atoms with Crippen molar-refractivity contribution in [3.63, 3.8) is 0 Å². The molecule has 0 fully saturated rings. The maximum atomic E-state index is 13.8. The standard InChI is InChI=1S/C35H47N3O4/c1-25(2)21-31(38(6)23-28-15-11-12-16-32(28)41-7)34(40)36-30(33(39)37-35(3,4)5)22-26-17-19-29(20-18-26)42-24-27-13-9-8-10-14-27/h8-20,25,30-31H,21-24H2,1-7H3,(H,36,40)(H,37,39)/t30-,31+/m0/s1. The van der Waals surface area contributed by atoms with Gasteiger partial charge < -0.3 is 20.1 Å². The molecule has 3 rings (SSSR count). The molecule has 42 heavy (non-hydrogen) atoms. The molecule has 0 spiro atoms. The molecule has 0 heterocycles. The van der Waals surface area contributed by atoms with Gasteiger partial charge in [-0.2, -0.15) is 0 Å². The average molecular weight is 574 g/mol. The number of likely N-dealkylation sites (N-methyl/N-ethyl adjacent to an activating group) is 1. The van der Waals surface area contributed by atoms with Crippen LogP contribution in [0.3, 0.4) is 0 Å². The quantitative estimate of drug-likeness (QED) is 0.256. The number of benzene rings is 3. The number of hydrogen-bond donors (Lipinski definition) is 2. The fraction of sp³-hybridized carbons (Fsp3) is 0.429. The minimum absolute atomic E-state index is 0.169. The van der Waals surface area contributed by atoms with Crippen molar-refractivity contribution in [1.82, 2.24) is 15.5 Å². The number of carbonyl (C=O) groups excluding carboxylic acids is 2. The van der Waals surface area contributed by atoms with E-state index in [0.717, 1.165) is 28.2 Å². The summed E-state index contributed by atoms with van der Waals surface area (Å²) in [5, 5.41) is 6.14. The van der Waals surface area contributed by atoms with Crippen molar-refractivity contribution < 1.29 is 19.1 Å². The number of ether oxygens (including phenoxy) is 2. The van der Waals surface area contributed by atoms with E-state index in [0.29, 0.717) is 26.0 Å². The zero-order valence-corrected chi connectivity index (χ0v) is 26.1. The highest BCUT2D eigenvalue weighted by atomic mass is 16.5. The largest absolute Gasteiger partial charge is 0.496 e. The van der Waals surface area contributed by atoms with E-state index in [9.17, 15) is 9.59 Å². The minimum atomic E-state index is -0.734. The van der Waals surface area contributed by atoms with Gasteiger partial charge in [-0.1, -0.05) is 74.5 Å². The Morgan fingerprint density at radius 3 is 2.12 bits per heavy atom. The van der Waals surface area contributed by atoms with Gasteiger partial charge in [-0.15, -0.1) is 0 Å². The van der Waals surface area contributed by atoms with E-state index in [-0.39, 0.29) is 17.7 Å². The number of hydrogen-bond acceptors (Lipinski definition) is 5. The number of amides is 2. The van der Waals surface area contributed by atoms with Crippen LogP contribution < -0.4 is 20.1 Å². The van der Waals surface area contributed by atoms with Crippen molar-refractivity contribution in [2.45, 2.75) is 78.2 Å². The summed E-state index contributed by atoms with van der Waals surface area (Å²) < 4.78 is 11.5. The first kappa shape index (κ1) is 32.7. The predicted octanol–water partition coefficient (Wildman–Crippen LogP) is 5.76. The summed E-state index contributed by atoms with van der Waals surface area (Å²) >= 11 is 0. The van der Waals surface area contributed by atoms with Crippen LogP contribution in [-0.4, -0.2) is 48.5 Å². The molecule has 0 aliphatic rings. The lowest BCUT2D eigenvalue weighted by Gasteiger charge is -2.31. The van der Waals surface area contributed by atoms with Crippen LogP contribution >= 0.6 is 0 Å². The third-order valence-electron chi connectivity index (χ3n) is 6.88. The lowest BCUT2D eigenvalue weighted by Crippen LogP contribution is -2.56. The predicted molar refractivity (Wildman–Crippen MR) is 168 cm³/mol. The zero-order valence-electron chi connectivity index (χ0n) is 26.1. The van der Waals surface area contributed by atoms with Gasteiger partial charge in [0.1, 0.15) is 24.1 Å². The topological polar surface area (TPSA) is 79.9 Å². The Kier molecular flexibility index (Phi) is 12.0. The molecule has 0 aliphatic carbocycles.